The molecule has 31 heavy (non-hydrogen) atoms. The van der Waals surface area contributed by atoms with E-state index in [1.54, 1.807) is 7.11 Å². The van der Waals surface area contributed by atoms with Crippen LogP contribution >= 0.6 is 17.2 Å². The van der Waals surface area contributed by atoms with Crippen LogP contribution in [0, 0.1) is 0 Å². The van der Waals surface area contributed by atoms with Gasteiger partial charge in [-0.05, 0) is 0 Å². The summed E-state index contributed by atoms with van der Waals surface area (Å²) in [7, 11) is 1.67. The molecule has 0 aliphatic heterocycles. The van der Waals surface area contributed by atoms with Crippen LogP contribution in [0.5, 0.6) is 5.75 Å². The predicted octanol–water partition coefficient (Wildman–Crippen LogP) is 6.26. The Labute approximate surface area is 188 Å². The Balaban J connectivity index is 1.89. The van der Waals surface area contributed by atoms with Gasteiger partial charge in [0.2, 0.25) is 0 Å². The van der Waals surface area contributed by atoms with Gasteiger partial charge in [0.25, 0.3) is 0 Å². The zero-order chi connectivity index (χ0) is 21.6. The fraction of sp³-hybridized carbons (Fsp3) is 0.0370. The molecule has 1 N–H and O–H groups in total. The van der Waals surface area contributed by atoms with Gasteiger partial charge in [-0.1, -0.05) is 0 Å². The molecule has 2 nitrogen and oxygen atoms in total. The van der Waals surface area contributed by atoms with E-state index in [9.17, 15) is 0 Å². The molecule has 0 aliphatic carbocycles. The van der Waals surface area contributed by atoms with Crippen LogP contribution in [0.4, 0.5) is 5.69 Å². The molecule has 4 heteroatoms. The van der Waals surface area contributed by atoms with Crippen LogP contribution in [0.2, 0.25) is 0 Å². The van der Waals surface area contributed by atoms with Gasteiger partial charge in [0, 0.05) is 0 Å². The minimum absolute atomic E-state index is 0.823. The van der Waals surface area contributed by atoms with Gasteiger partial charge in [-0.3, -0.25) is 0 Å². The van der Waals surface area contributed by atoms with E-state index in [1.165, 1.54) is 0 Å². The molecule has 0 heterocycles. The Morgan fingerprint density at radius 3 is 1.45 bits per heavy atom. The number of methoxy groups -OCH3 is 1. The van der Waals surface area contributed by atoms with E-state index in [0.717, 1.165) is 27.4 Å². The van der Waals surface area contributed by atoms with E-state index < -0.39 is 5.96 Å². The average Bonchev–Trinajstić information content (AvgIpc) is 2.86. The first-order valence-corrected chi connectivity index (χ1v) is 13.3. The number of hydrogen-bond donors (Lipinski definition) is 1. The van der Waals surface area contributed by atoms with Crippen LogP contribution in [0.3, 0.4) is 0 Å². The normalized spacial score (nSPS) is 12.8. The monoisotopic (exact) mass is 445 g/mol. The summed E-state index contributed by atoms with van der Waals surface area (Å²) in [4.78, 5) is 0. The van der Waals surface area contributed by atoms with Gasteiger partial charge >= 0.3 is 189 Å². The van der Waals surface area contributed by atoms with Crippen molar-refractivity contribution in [1.29, 1.82) is 0 Å². The maximum absolute atomic E-state index is 7.97. The molecule has 4 aromatic carbocycles. The molecule has 0 unspecified atom stereocenters. The Morgan fingerprint density at radius 1 is 0.645 bits per heavy atom. The summed E-state index contributed by atoms with van der Waals surface area (Å²) in [5.41, 5.74) is 0.966. The van der Waals surface area contributed by atoms with Crippen molar-refractivity contribution in [1.82, 2.24) is 0 Å². The standard InChI is InChI=1S/C27H25ClNOP/c1-30-24-19-17-23(18-20-24)29-21-22-31(28,25-11-5-2-6-12-25,26-13-7-3-8-14-26)27-15-9-4-10-16-27/h2-22,29H,1H3/b22-21+. The zero-order valence-corrected chi connectivity index (χ0v) is 19.0. The van der Waals surface area contributed by atoms with Crippen molar-refractivity contribution in [2.24, 2.45) is 0 Å². The molecule has 0 radical (unpaired) electrons. The van der Waals surface area contributed by atoms with Crippen LogP contribution in [0.15, 0.2) is 127 Å². The molecule has 4 aromatic rings. The van der Waals surface area contributed by atoms with E-state index in [-0.39, 0.29) is 0 Å². The van der Waals surface area contributed by atoms with Crippen LogP contribution < -0.4 is 26.0 Å². The number of halogens is 1. The molecule has 0 aliphatic rings. The Kier molecular flexibility index (Phi) is 6.13. The van der Waals surface area contributed by atoms with Gasteiger partial charge in [0.15, 0.2) is 0 Å². The Bertz CT molecular complexity index is 1050. The van der Waals surface area contributed by atoms with Crippen molar-refractivity contribution in [3.8, 4) is 5.75 Å². The third kappa shape index (κ3) is 3.97. The van der Waals surface area contributed by atoms with Crippen molar-refractivity contribution >= 4 is 38.8 Å². The van der Waals surface area contributed by atoms with Crippen LogP contribution in [0.25, 0.3) is 0 Å². The number of ether oxygens (including phenoxy) is 1. The average molecular weight is 446 g/mol. The molecular formula is C27H25ClNOP. The molecule has 0 bridgehead atoms. The number of nitrogens with one attached hydrogen (secondary N) is 1. The van der Waals surface area contributed by atoms with Gasteiger partial charge in [-0.15, -0.1) is 0 Å². The second kappa shape index (κ2) is 8.98. The van der Waals surface area contributed by atoms with Crippen molar-refractivity contribution in [2.45, 2.75) is 0 Å². The molecule has 156 valence electrons. The minimum atomic E-state index is -3.41. The second-order valence-corrected chi connectivity index (χ2v) is 13.4. The number of rotatable bonds is 7. The summed E-state index contributed by atoms with van der Waals surface area (Å²) in [6.07, 6.45) is 1.97. The topological polar surface area (TPSA) is 21.3 Å². The summed E-state index contributed by atoms with van der Waals surface area (Å²) in [5.74, 6) is -0.418. The predicted molar refractivity (Wildman–Crippen MR) is 137 cm³/mol. The van der Waals surface area contributed by atoms with Crippen molar-refractivity contribution in [2.75, 3.05) is 12.4 Å². The van der Waals surface area contributed by atoms with Crippen LogP contribution in [-0.2, 0) is 0 Å². The number of hydrogen-bond acceptors (Lipinski definition) is 2. The van der Waals surface area contributed by atoms with E-state index in [1.807, 2.05) is 48.7 Å². The first kappa shape index (κ1) is 21.2. The summed E-state index contributed by atoms with van der Waals surface area (Å²) < 4.78 is 5.26. The Morgan fingerprint density at radius 2 is 1.06 bits per heavy atom. The third-order valence-corrected chi connectivity index (χ3v) is 12.2. The van der Waals surface area contributed by atoms with Crippen LogP contribution in [0.1, 0.15) is 0 Å². The summed E-state index contributed by atoms with van der Waals surface area (Å²) >= 11 is 7.97. The van der Waals surface area contributed by atoms with Crippen molar-refractivity contribution in [3.05, 3.63) is 127 Å². The van der Waals surface area contributed by atoms with E-state index in [4.69, 9.17) is 16.0 Å². The van der Waals surface area contributed by atoms with Crippen molar-refractivity contribution in [3.63, 3.8) is 0 Å². The molecular weight excluding hydrogens is 421 g/mol. The quantitative estimate of drug-likeness (QED) is 0.339. The zero-order valence-electron chi connectivity index (χ0n) is 17.4. The number of anilines is 1. The summed E-state index contributed by atoms with van der Waals surface area (Å²) in [6.45, 7) is 0. The molecule has 0 amide bonds. The molecule has 0 saturated carbocycles. The van der Waals surface area contributed by atoms with Gasteiger partial charge in [0.05, 0.1) is 0 Å². The van der Waals surface area contributed by atoms with E-state index in [0.29, 0.717) is 0 Å². The van der Waals surface area contributed by atoms with Gasteiger partial charge in [-0.2, -0.15) is 0 Å². The molecule has 0 atom stereocenters. The second-order valence-electron chi connectivity index (χ2n) is 7.27. The first-order chi connectivity index (χ1) is 15.1. The van der Waals surface area contributed by atoms with Gasteiger partial charge in [0.1, 0.15) is 0 Å². The van der Waals surface area contributed by atoms with E-state index in [2.05, 4.69) is 83.9 Å². The third-order valence-electron chi connectivity index (χ3n) is 5.48. The van der Waals surface area contributed by atoms with E-state index >= 15 is 0 Å². The molecule has 4 rings (SSSR count). The number of benzene rings is 4. The molecule has 0 spiro atoms. The van der Waals surface area contributed by atoms with Gasteiger partial charge < -0.3 is 0 Å². The maximum atomic E-state index is 7.97. The fourth-order valence-corrected chi connectivity index (χ4v) is 9.04. The Hall–Kier alpha value is -3.06. The molecule has 0 fully saturated rings. The summed E-state index contributed by atoms with van der Waals surface area (Å²) in [5, 5.41) is 6.69. The van der Waals surface area contributed by atoms with Crippen molar-refractivity contribution < 1.29 is 4.74 Å². The SMILES string of the molecule is COc1ccc(N/C=C/P(Cl)(c2ccccc2)(c2ccccc2)c2ccccc2)cc1. The summed E-state index contributed by atoms with van der Waals surface area (Å²) in [6, 6.07) is 39.0. The van der Waals surface area contributed by atoms with Crippen LogP contribution in [-0.4, -0.2) is 7.11 Å². The fourth-order valence-electron chi connectivity index (χ4n) is 3.82. The molecule has 0 saturated heterocycles. The first-order valence-electron chi connectivity index (χ1n) is 10.1. The van der Waals surface area contributed by atoms with Gasteiger partial charge in [-0.25, -0.2) is 0 Å². The molecule has 0 aromatic heterocycles.